The molecular formula is C15H26F3IN4OS. The van der Waals surface area contributed by atoms with Crippen LogP contribution in [0.1, 0.15) is 32.1 Å². The van der Waals surface area contributed by atoms with E-state index in [9.17, 15) is 18.0 Å². The first-order valence-electron chi connectivity index (χ1n) is 8.27. The highest BCUT2D eigenvalue weighted by Gasteiger charge is 2.38. The van der Waals surface area contributed by atoms with Gasteiger partial charge in [-0.2, -0.15) is 24.9 Å². The van der Waals surface area contributed by atoms with Crippen LogP contribution >= 0.6 is 35.7 Å². The smallest absolute Gasteiger partial charge is 0.347 e. The number of hydrogen-bond acceptors (Lipinski definition) is 3. The van der Waals surface area contributed by atoms with Crippen LogP contribution in [0.25, 0.3) is 0 Å². The normalized spacial score (nSPS) is 20.8. The third kappa shape index (κ3) is 7.40. The number of thioether (sulfide) groups is 1. The van der Waals surface area contributed by atoms with E-state index < -0.39 is 18.6 Å². The topological polar surface area (TPSA) is 56.7 Å². The second-order valence-corrected chi connectivity index (χ2v) is 7.87. The Morgan fingerprint density at radius 1 is 1.24 bits per heavy atom. The maximum atomic E-state index is 12.1. The molecular weight excluding hydrogens is 468 g/mol. The summed E-state index contributed by atoms with van der Waals surface area (Å²) in [5, 5.41) is 4.74. The molecule has 0 radical (unpaired) electrons. The first kappa shape index (κ1) is 22.7. The van der Waals surface area contributed by atoms with Gasteiger partial charge in [-0.15, -0.1) is 24.0 Å². The number of guanidine groups is 1. The number of carbonyl (C=O) groups is 1. The van der Waals surface area contributed by atoms with Crippen molar-refractivity contribution >= 4 is 47.6 Å². The summed E-state index contributed by atoms with van der Waals surface area (Å²) in [6.07, 6.45) is 1.76. The van der Waals surface area contributed by atoms with Crippen molar-refractivity contribution in [3.63, 3.8) is 0 Å². The maximum Gasteiger partial charge on any atom is 0.405 e. The molecule has 1 amide bonds. The number of halogens is 4. The zero-order valence-electron chi connectivity index (χ0n) is 14.3. The van der Waals surface area contributed by atoms with Gasteiger partial charge in [0.1, 0.15) is 6.54 Å². The second kappa shape index (κ2) is 10.1. The third-order valence-corrected chi connectivity index (χ3v) is 5.95. The quantitative estimate of drug-likeness (QED) is 0.360. The first-order valence-corrected chi connectivity index (χ1v) is 9.25. The molecule has 1 aliphatic carbocycles. The molecule has 1 heterocycles. The lowest BCUT2D eigenvalue weighted by Crippen LogP contribution is -2.54. The van der Waals surface area contributed by atoms with Crippen molar-refractivity contribution in [1.82, 2.24) is 15.5 Å². The van der Waals surface area contributed by atoms with Crippen LogP contribution in [0, 0.1) is 0 Å². The van der Waals surface area contributed by atoms with E-state index in [1.165, 1.54) is 32.1 Å². The van der Waals surface area contributed by atoms with Crippen LogP contribution in [0.4, 0.5) is 13.2 Å². The fourth-order valence-corrected chi connectivity index (χ4v) is 4.85. The van der Waals surface area contributed by atoms with E-state index in [2.05, 4.69) is 15.2 Å². The van der Waals surface area contributed by atoms with Gasteiger partial charge in [0.15, 0.2) is 5.96 Å². The summed E-state index contributed by atoms with van der Waals surface area (Å²) < 4.78 is 36.6. The summed E-state index contributed by atoms with van der Waals surface area (Å²) in [4.78, 5) is 17.9. The molecule has 0 aromatic rings. The number of rotatable bonds is 3. The molecule has 146 valence electrons. The Kier molecular flexibility index (Phi) is 9.13. The SMILES string of the molecule is CN=C(NCC(=O)NCC(F)(F)F)N1CCSC2(CCCCC2)C1.I. The van der Waals surface area contributed by atoms with Crippen molar-refractivity contribution in [2.24, 2.45) is 4.99 Å². The highest BCUT2D eigenvalue weighted by atomic mass is 127. The number of hydrogen-bond donors (Lipinski definition) is 2. The number of alkyl halides is 3. The van der Waals surface area contributed by atoms with Gasteiger partial charge in [-0.1, -0.05) is 19.3 Å². The second-order valence-electron chi connectivity index (χ2n) is 6.31. The minimum Gasteiger partial charge on any atom is -0.347 e. The van der Waals surface area contributed by atoms with Crippen LogP contribution in [0.3, 0.4) is 0 Å². The molecule has 0 atom stereocenters. The monoisotopic (exact) mass is 494 g/mol. The molecule has 2 rings (SSSR count). The molecule has 0 unspecified atom stereocenters. The van der Waals surface area contributed by atoms with E-state index >= 15 is 0 Å². The highest BCUT2D eigenvalue weighted by Crippen LogP contribution is 2.42. The summed E-state index contributed by atoms with van der Waals surface area (Å²) in [6, 6.07) is 0. The van der Waals surface area contributed by atoms with Gasteiger partial charge in [0, 0.05) is 30.6 Å². The van der Waals surface area contributed by atoms with Crippen LogP contribution in [-0.4, -0.2) is 66.7 Å². The van der Waals surface area contributed by atoms with E-state index in [0.717, 1.165) is 18.8 Å². The average molecular weight is 494 g/mol. The highest BCUT2D eigenvalue weighted by molar-refractivity contribution is 14.0. The lowest BCUT2D eigenvalue weighted by molar-refractivity contribution is -0.137. The van der Waals surface area contributed by atoms with Crippen LogP contribution in [0.2, 0.25) is 0 Å². The van der Waals surface area contributed by atoms with Crippen molar-refractivity contribution in [3.05, 3.63) is 0 Å². The van der Waals surface area contributed by atoms with Gasteiger partial charge in [-0.25, -0.2) is 0 Å². The van der Waals surface area contributed by atoms with Crippen molar-refractivity contribution < 1.29 is 18.0 Å². The number of nitrogens with one attached hydrogen (secondary N) is 2. The Morgan fingerprint density at radius 3 is 2.52 bits per heavy atom. The zero-order valence-corrected chi connectivity index (χ0v) is 17.5. The fourth-order valence-electron chi connectivity index (χ4n) is 3.28. The van der Waals surface area contributed by atoms with Crippen LogP contribution in [0.5, 0.6) is 0 Å². The fraction of sp³-hybridized carbons (Fsp3) is 0.867. The standard InChI is InChI=1S/C15H25F3N4OS.HI/c1-19-13(20-9-12(23)21-10-15(16,17)18)22-7-8-24-14(11-22)5-3-2-4-6-14;/h2-11H2,1H3,(H,19,20)(H,21,23);1H. The van der Waals surface area contributed by atoms with E-state index in [-0.39, 0.29) is 35.3 Å². The van der Waals surface area contributed by atoms with E-state index in [4.69, 9.17) is 0 Å². The minimum atomic E-state index is -4.39. The summed E-state index contributed by atoms with van der Waals surface area (Å²) >= 11 is 2.02. The Bertz CT molecular complexity index is 465. The van der Waals surface area contributed by atoms with Crippen LogP contribution < -0.4 is 10.6 Å². The van der Waals surface area contributed by atoms with Crippen molar-refractivity contribution in [2.75, 3.05) is 39.0 Å². The molecule has 0 aromatic carbocycles. The molecule has 1 saturated heterocycles. The van der Waals surface area contributed by atoms with E-state index in [1.807, 2.05) is 17.1 Å². The zero-order chi connectivity index (χ0) is 17.6. The van der Waals surface area contributed by atoms with Gasteiger partial charge in [0.05, 0.1) is 6.54 Å². The van der Waals surface area contributed by atoms with Crippen molar-refractivity contribution in [2.45, 2.75) is 43.0 Å². The molecule has 5 nitrogen and oxygen atoms in total. The number of aliphatic imine (C=N–C) groups is 1. The van der Waals surface area contributed by atoms with Crippen molar-refractivity contribution in [3.8, 4) is 0 Å². The van der Waals surface area contributed by atoms with Gasteiger partial charge in [0.2, 0.25) is 5.91 Å². The summed E-state index contributed by atoms with van der Waals surface area (Å²) in [5.74, 6) is 0.899. The van der Waals surface area contributed by atoms with Gasteiger partial charge >= 0.3 is 6.18 Å². The molecule has 2 fully saturated rings. The summed E-state index contributed by atoms with van der Waals surface area (Å²) in [7, 11) is 1.63. The predicted octanol–water partition coefficient (Wildman–Crippen LogP) is 2.61. The maximum absolute atomic E-state index is 12.1. The number of nitrogens with zero attached hydrogens (tertiary/aromatic N) is 2. The molecule has 2 N–H and O–H groups in total. The molecule has 0 aromatic heterocycles. The van der Waals surface area contributed by atoms with Gasteiger partial charge in [-0.3, -0.25) is 9.79 Å². The Morgan fingerprint density at radius 2 is 1.92 bits per heavy atom. The molecule has 25 heavy (non-hydrogen) atoms. The van der Waals surface area contributed by atoms with Crippen LogP contribution in [-0.2, 0) is 4.79 Å². The van der Waals surface area contributed by atoms with Gasteiger partial charge < -0.3 is 15.5 Å². The summed E-state index contributed by atoms with van der Waals surface area (Å²) in [6.45, 7) is 0.187. The number of amides is 1. The molecule has 1 saturated carbocycles. The lowest BCUT2D eigenvalue weighted by atomic mass is 9.87. The largest absolute Gasteiger partial charge is 0.405 e. The molecule has 0 bridgehead atoms. The summed E-state index contributed by atoms with van der Waals surface area (Å²) in [5.41, 5.74) is 0. The van der Waals surface area contributed by atoms with E-state index in [1.54, 1.807) is 7.05 Å². The first-order chi connectivity index (χ1) is 11.3. The lowest BCUT2D eigenvalue weighted by Gasteiger charge is -2.45. The van der Waals surface area contributed by atoms with Crippen molar-refractivity contribution in [1.29, 1.82) is 0 Å². The number of carbonyl (C=O) groups excluding carboxylic acids is 1. The predicted molar refractivity (Wildman–Crippen MR) is 106 cm³/mol. The average Bonchev–Trinajstić information content (AvgIpc) is 2.54. The van der Waals surface area contributed by atoms with Crippen LogP contribution in [0.15, 0.2) is 4.99 Å². The molecule has 1 aliphatic heterocycles. The third-order valence-electron chi connectivity index (χ3n) is 4.42. The van der Waals surface area contributed by atoms with E-state index in [0.29, 0.717) is 5.96 Å². The van der Waals surface area contributed by atoms with Gasteiger partial charge in [0.25, 0.3) is 0 Å². The molecule has 1 spiro atoms. The molecule has 2 aliphatic rings. The Hall–Kier alpha value is -0.390. The Labute approximate surface area is 168 Å². The van der Waals surface area contributed by atoms with Gasteiger partial charge in [-0.05, 0) is 12.8 Å². The minimum absolute atomic E-state index is 0. The Balaban J connectivity index is 0.00000312. The molecule has 10 heteroatoms.